The monoisotopic (exact) mass is 408 g/mol. The Hall–Kier alpha value is -2.78. The molecule has 1 unspecified atom stereocenters. The van der Waals surface area contributed by atoms with Crippen LogP contribution >= 0.6 is 0 Å². The van der Waals surface area contributed by atoms with Crippen molar-refractivity contribution in [2.24, 2.45) is 10.7 Å². The maximum Gasteiger partial charge on any atom is 0.573 e. The summed E-state index contributed by atoms with van der Waals surface area (Å²) in [7, 11) is 0. The molecule has 0 saturated heterocycles. The molecule has 4 N–H and O–H groups in total. The number of guanidine groups is 1. The molecule has 2 aromatic rings. The molecule has 1 atom stereocenters. The molecule has 1 heterocycles. The van der Waals surface area contributed by atoms with Gasteiger partial charge in [-0.2, -0.15) is 0 Å². The van der Waals surface area contributed by atoms with Crippen LogP contribution in [0.25, 0.3) is 0 Å². The first-order chi connectivity index (χ1) is 13.8. The minimum absolute atomic E-state index is 0.0672. The molecule has 9 heteroatoms. The Balaban J connectivity index is 1.46. The second-order valence-corrected chi connectivity index (χ2v) is 6.83. The summed E-state index contributed by atoms with van der Waals surface area (Å²) in [5.41, 5.74) is 8.87. The maximum absolute atomic E-state index is 12.2. The molecule has 0 bridgehead atoms. The molecular formula is C20H23F3N4O2. The molecule has 0 aliphatic carbocycles. The number of aliphatic hydroxyl groups is 1. The third kappa shape index (κ3) is 6.65. The van der Waals surface area contributed by atoms with Crippen LogP contribution in [0, 0.1) is 0 Å². The van der Waals surface area contributed by atoms with Crippen LogP contribution in [0.3, 0.4) is 0 Å². The van der Waals surface area contributed by atoms with Gasteiger partial charge in [0.1, 0.15) is 5.75 Å². The standard InChI is InChI=1S/C20H23F3N4O2/c21-20(22,23)29-18-7-5-16(6-8-18)26-19(24)25-11-17(28)13-27-10-9-14-3-1-2-4-15(14)12-27/h1-8,17,28H,9-13H2,(H3,24,25,26). The number of anilines is 1. The van der Waals surface area contributed by atoms with Crippen LogP contribution in [0.15, 0.2) is 53.5 Å². The fraction of sp³-hybridized carbons (Fsp3) is 0.350. The summed E-state index contributed by atoms with van der Waals surface area (Å²) in [6, 6.07) is 13.4. The average Bonchev–Trinajstić information content (AvgIpc) is 2.67. The zero-order chi connectivity index (χ0) is 20.9. The summed E-state index contributed by atoms with van der Waals surface area (Å²) in [5, 5.41) is 13.0. The summed E-state index contributed by atoms with van der Waals surface area (Å²) >= 11 is 0. The first kappa shape index (κ1) is 20.9. The maximum atomic E-state index is 12.2. The Morgan fingerprint density at radius 3 is 2.55 bits per heavy atom. The van der Waals surface area contributed by atoms with Gasteiger partial charge in [0, 0.05) is 25.3 Å². The lowest BCUT2D eigenvalue weighted by Gasteiger charge is -2.30. The average molecular weight is 408 g/mol. The minimum Gasteiger partial charge on any atom is -0.406 e. The van der Waals surface area contributed by atoms with Crippen molar-refractivity contribution in [1.82, 2.24) is 4.90 Å². The van der Waals surface area contributed by atoms with E-state index in [1.165, 1.54) is 35.4 Å². The molecule has 1 aliphatic rings. The lowest BCUT2D eigenvalue weighted by Crippen LogP contribution is -2.38. The predicted molar refractivity (Wildman–Crippen MR) is 105 cm³/mol. The number of β-amino-alcohol motifs (C(OH)–C–C–N with tert-alkyl or cyclic N) is 1. The molecule has 1 aliphatic heterocycles. The molecule has 0 fully saturated rings. The van der Waals surface area contributed by atoms with Gasteiger partial charge in [0.25, 0.3) is 0 Å². The van der Waals surface area contributed by atoms with Crippen molar-refractivity contribution >= 4 is 11.6 Å². The van der Waals surface area contributed by atoms with Crippen molar-refractivity contribution in [3.05, 3.63) is 59.7 Å². The zero-order valence-corrected chi connectivity index (χ0v) is 15.7. The van der Waals surface area contributed by atoms with Gasteiger partial charge in [-0.15, -0.1) is 13.2 Å². The number of aliphatic imine (C=N–C) groups is 1. The molecule has 6 nitrogen and oxygen atoms in total. The molecule has 0 amide bonds. The van der Waals surface area contributed by atoms with E-state index < -0.39 is 12.5 Å². The van der Waals surface area contributed by atoms with Gasteiger partial charge < -0.3 is 20.9 Å². The molecule has 0 radical (unpaired) electrons. The van der Waals surface area contributed by atoms with Crippen LogP contribution in [0.4, 0.5) is 18.9 Å². The Labute approximate surface area is 166 Å². The first-order valence-corrected chi connectivity index (χ1v) is 9.18. The molecule has 0 spiro atoms. The summed E-state index contributed by atoms with van der Waals surface area (Å²) < 4.78 is 40.3. The van der Waals surface area contributed by atoms with Crippen LogP contribution < -0.4 is 15.8 Å². The van der Waals surface area contributed by atoms with E-state index in [1.807, 2.05) is 12.1 Å². The third-order valence-corrected chi connectivity index (χ3v) is 4.51. The number of nitrogens with one attached hydrogen (secondary N) is 1. The molecule has 2 aromatic carbocycles. The van der Waals surface area contributed by atoms with Gasteiger partial charge in [0.05, 0.1) is 12.6 Å². The van der Waals surface area contributed by atoms with Crippen LogP contribution in [-0.2, 0) is 13.0 Å². The highest BCUT2D eigenvalue weighted by atomic mass is 19.4. The smallest absolute Gasteiger partial charge is 0.406 e. The van der Waals surface area contributed by atoms with E-state index in [1.54, 1.807) is 0 Å². The van der Waals surface area contributed by atoms with E-state index in [2.05, 4.69) is 32.1 Å². The first-order valence-electron chi connectivity index (χ1n) is 9.18. The van der Waals surface area contributed by atoms with Gasteiger partial charge in [-0.1, -0.05) is 24.3 Å². The normalized spacial score (nSPS) is 16.2. The van der Waals surface area contributed by atoms with Crippen molar-refractivity contribution in [3.8, 4) is 5.75 Å². The zero-order valence-electron chi connectivity index (χ0n) is 15.7. The Morgan fingerprint density at radius 1 is 1.17 bits per heavy atom. The van der Waals surface area contributed by atoms with Crippen LogP contribution in [0.2, 0.25) is 0 Å². The topological polar surface area (TPSA) is 83.1 Å². The summed E-state index contributed by atoms with van der Waals surface area (Å²) in [5.74, 6) is -0.255. The van der Waals surface area contributed by atoms with Crippen LogP contribution in [0.5, 0.6) is 5.75 Å². The number of fused-ring (bicyclic) bond motifs is 1. The number of nitrogens with zero attached hydrogens (tertiary/aromatic N) is 2. The van der Waals surface area contributed by atoms with Gasteiger partial charge >= 0.3 is 6.36 Å². The Kier molecular flexibility index (Phi) is 6.60. The van der Waals surface area contributed by atoms with Crippen molar-refractivity contribution in [2.75, 3.05) is 25.0 Å². The van der Waals surface area contributed by atoms with E-state index in [-0.39, 0.29) is 18.3 Å². The van der Waals surface area contributed by atoms with E-state index in [4.69, 9.17) is 5.73 Å². The third-order valence-electron chi connectivity index (χ3n) is 4.51. The summed E-state index contributed by atoms with van der Waals surface area (Å²) in [6.45, 7) is 2.26. The van der Waals surface area contributed by atoms with Gasteiger partial charge in [-0.05, 0) is 41.8 Å². The number of nitrogens with two attached hydrogens (primary N) is 1. The summed E-state index contributed by atoms with van der Waals surface area (Å²) in [6.07, 6.45) is -4.46. The second-order valence-electron chi connectivity index (χ2n) is 6.83. The molecule has 0 aromatic heterocycles. The fourth-order valence-corrected chi connectivity index (χ4v) is 3.20. The number of ether oxygens (including phenoxy) is 1. The lowest BCUT2D eigenvalue weighted by molar-refractivity contribution is -0.274. The number of aliphatic hydroxyl groups excluding tert-OH is 1. The number of benzene rings is 2. The number of rotatable bonds is 6. The van der Waals surface area contributed by atoms with Crippen LogP contribution in [0.1, 0.15) is 11.1 Å². The number of hydrogen-bond acceptors (Lipinski definition) is 4. The van der Waals surface area contributed by atoms with Crippen molar-refractivity contribution in [1.29, 1.82) is 0 Å². The van der Waals surface area contributed by atoms with E-state index in [9.17, 15) is 18.3 Å². The van der Waals surface area contributed by atoms with Gasteiger partial charge in [0.15, 0.2) is 5.96 Å². The summed E-state index contributed by atoms with van der Waals surface area (Å²) in [4.78, 5) is 6.28. The number of alkyl halides is 3. The minimum atomic E-state index is -4.73. The SMILES string of the molecule is NC(=NCC(O)CN1CCc2ccccc2C1)Nc1ccc(OC(F)(F)F)cc1. The highest BCUT2D eigenvalue weighted by molar-refractivity contribution is 5.92. The number of halogens is 3. The Morgan fingerprint density at radius 2 is 1.86 bits per heavy atom. The lowest BCUT2D eigenvalue weighted by atomic mass is 10.00. The largest absolute Gasteiger partial charge is 0.573 e. The van der Waals surface area contributed by atoms with Crippen molar-refractivity contribution in [3.63, 3.8) is 0 Å². The molecule has 29 heavy (non-hydrogen) atoms. The predicted octanol–water partition coefficient (Wildman–Crippen LogP) is 2.73. The van der Waals surface area contributed by atoms with Gasteiger partial charge in [0.2, 0.25) is 0 Å². The van der Waals surface area contributed by atoms with E-state index in [0.29, 0.717) is 12.2 Å². The molecular weight excluding hydrogens is 385 g/mol. The quantitative estimate of drug-likeness (QED) is 0.506. The molecule has 0 saturated carbocycles. The second kappa shape index (κ2) is 9.15. The van der Waals surface area contributed by atoms with Crippen molar-refractivity contribution < 1.29 is 23.0 Å². The molecule has 156 valence electrons. The highest BCUT2D eigenvalue weighted by Gasteiger charge is 2.30. The van der Waals surface area contributed by atoms with Crippen molar-refractivity contribution in [2.45, 2.75) is 25.4 Å². The van der Waals surface area contributed by atoms with Gasteiger partial charge in [-0.3, -0.25) is 9.89 Å². The van der Waals surface area contributed by atoms with Gasteiger partial charge in [-0.25, -0.2) is 0 Å². The molecule has 3 rings (SSSR count). The van der Waals surface area contributed by atoms with Crippen LogP contribution in [-0.4, -0.2) is 48.1 Å². The Bertz CT molecular complexity index is 840. The highest BCUT2D eigenvalue weighted by Crippen LogP contribution is 2.24. The number of hydrogen-bond donors (Lipinski definition) is 3. The fourth-order valence-electron chi connectivity index (χ4n) is 3.20. The van der Waals surface area contributed by atoms with E-state index >= 15 is 0 Å². The van der Waals surface area contributed by atoms with E-state index in [0.717, 1.165) is 19.5 Å².